The fraction of sp³-hybridized carbons (Fsp3) is 0.600. The highest BCUT2D eigenvalue weighted by atomic mass is 16.2. The Hall–Kier alpha value is -1.12. The molecule has 0 aliphatic carbocycles. The summed E-state index contributed by atoms with van der Waals surface area (Å²) >= 11 is 0. The molecule has 0 radical (unpaired) electrons. The first kappa shape index (κ1) is 8.48. The Labute approximate surface area is 77.4 Å². The molecule has 2 heterocycles. The number of carbonyl (C=O) groups is 2. The van der Waals surface area contributed by atoms with Gasteiger partial charge in [0.25, 0.3) is 0 Å². The number of hydrogen-bond donors (Lipinski definition) is 0. The zero-order chi connectivity index (χ0) is 9.42. The summed E-state index contributed by atoms with van der Waals surface area (Å²) < 4.78 is 0. The van der Waals surface area contributed by atoms with Crippen LogP contribution < -0.4 is 0 Å². The van der Waals surface area contributed by atoms with Crippen LogP contribution in [0.1, 0.15) is 19.8 Å². The maximum Gasteiger partial charge on any atom is 0.226 e. The molecule has 0 aromatic heterocycles. The van der Waals surface area contributed by atoms with Crippen LogP contribution in [0.25, 0.3) is 0 Å². The normalized spacial score (nSPS) is 37.8. The molecule has 2 aliphatic rings. The van der Waals surface area contributed by atoms with Gasteiger partial charge in [-0.1, -0.05) is 13.0 Å². The van der Waals surface area contributed by atoms with E-state index in [0.717, 1.165) is 12.7 Å². The Morgan fingerprint density at radius 3 is 3.08 bits per heavy atom. The molecule has 1 amide bonds. The van der Waals surface area contributed by atoms with Gasteiger partial charge in [-0.05, 0) is 12.3 Å². The molecule has 0 bridgehead atoms. The van der Waals surface area contributed by atoms with Gasteiger partial charge in [0.1, 0.15) is 6.29 Å². The lowest BCUT2D eigenvalue weighted by Crippen LogP contribution is -2.40. The smallest absolute Gasteiger partial charge is 0.226 e. The molecular weight excluding hydrogens is 166 g/mol. The molecule has 1 saturated heterocycles. The Morgan fingerprint density at radius 1 is 1.62 bits per heavy atom. The van der Waals surface area contributed by atoms with Crippen molar-refractivity contribution in [3.8, 4) is 0 Å². The van der Waals surface area contributed by atoms with Crippen LogP contribution in [0.5, 0.6) is 0 Å². The van der Waals surface area contributed by atoms with Crippen molar-refractivity contribution in [2.75, 3.05) is 0 Å². The van der Waals surface area contributed by atoms with Gasteiger partial charge in [-0.25, -0.2) is 0 Å². The first-order chi connectivity index (χ1) is 6.24. The molecule has 3 nitrogen and oxygen atoms in total. The minimum absolute atomic E-state index is 0.00329. The minimum atomic E-state index is -0.00329. The number of fused-ring (bicyclic) bond motifs is 1. The van der Waals surface area contributed by atoms with Crippen molar-refractivity contribution >= 4 is 12.2 Å². The Bertz CT molecular complexity index is 272. The van der Waals surface area contributed by atoms with Crippen LogP contribution in [0.15, 0.2) is 12.3 Å². The maximum absolute atomic E-state index is 11.3. The van der Waals surface area contributed by atoms with Crippen LogP contribution in [0.4, 0.5) is 0 Å². The molecule has 70 valence electrons. The van der Waals surface area contributed by atoms with Crippen molar-refractivity contribution in [1.29, 1.82) is 0 Å². The van der Waals surface area contributed by atoms with E-state index in [9.17, 15) is 9.59 Å². The van der Waals surface area contributed by atoms with E-state index >= 15 is 0 Å². The van der Waals surface area contributed by atoms with Gasteiger partial charge in [0.15, 0.2) is 0 Å². The summed E-state index contributed by atoms with van der Waals surface area (Å²) in [6, 6.07) is 0.130. The highest BCUT2D eigenvalue weighted by molar-refractivity contribution is 5.81. The number of nitrogens with zero attached hydrogens (tertiary/aromatic N) is 1. The third-order valence-corrected chi connectivity index (χ3v) is 3.06. The number of carbonyl (C=O) groups excluding carboxylic acids is 2. The second-order valence-electron chi connectivity index (χ2n) is 3.82. The zero-order valence-electron chi connectivity index (χ0n) is 7.64. The van der Waals surface area contributed by atoms with Gasteiger partial charge in [0, 0.05) is 24.6 Å². The van der Waals surface area contributed by atoms with E-state index in [1.54, 1.807) is 4.90 Å². The molecule has 0 saturated carbocycles. The Balaban J connectivity index is 2.28. The number of allylic oxidation sites excluding steroid dienone is 1. The highest BCUT2D eigenvalue weighted by Crippen LogP contribution is 2.33. The minimum Gasteiger partial charge on any atom is -0.316 e. The van der Waals surface area contributed by atoms with Gasteiger partial charge in [0.05, 0.1) is 0 Å². The molecule has 2 aliphatic heterocycles. The second-order valence-corrected chi connectivity index (χ2v) is 3.82. The van der Waals surface area contributed by atoms with E-state index in [4.69, 9.17) is 0 Å². The SMILES string of the molecule is C[C@@H]1C=CN2C(=O)CC[C@@H]2[C@H]1C=O. The van der Waals surface area contributed by atoms with Gasteiger partial charge in [-0.15, -0.1) is 0 Å². The van der Waals surface area contributed by atoms with E-state index in [2.05, 4.69) is 0 Å². The van der Waals surface area contributed by atoms with Crippen LogP contribution in [-0.2, 0) is 9.59 Å². The van der Waals surface area contributed by atoms with Gasteiger partial charge >= 0.3 is 0 Å². The number of aldehydes is 1. The highest BCUT2D eigenvalue weighted by Gasteiger charge is 2.39. The predicted molar refractivity (Wildman–Crippen MR) is 47.7 cm³/mol. The summed E-state index contributed by atoms with van der Waals surface area (Å²) in [4.78, 5) is 23.9. The average molecular weight is 179 g/mol. The van der Waals surface area contributed by atoms with E-state index < -0.39 is 0 Å². The van der Waals surface area contributed by atoms with Crippen molar-refractivity contribution in [3.05, 3.63) is 12.3 Å². The van der Waals surface area contributed by atoms with Crippen LogP contribution >= 0.6 is 0 Å². The third-order valence-electron chi connectivity index (χ3n) is 3.06. The predicted octanol–water partition coefficient (Wildman–Crippen LogP) is 0.956. The summed E-state index contributed by atoms with van der Waals surface area (Å²) in [6.45, 7) is 2.02. The average Bonchev–Trinajstić information content (AvgIpc) is 2.48. The fourth-order valence-electron chi connectivity index (χ4n) is 2.22. The van der Waals surface area contributed by atoms with Crippen molar-refractivity contribution < 1.29 is 9.59 Å². The molecule has 0 unspecified atom stereocenters. The summed E-state index contributed by atoms with van der Waals surface area (Å²) in [5.41, 5.74) is 0. The Kier molecular flexibility index (Phi) is 1.94. The molecule has 13 heavy (non-hydrogen) atoms. The van der Waals surface area contributed by atoms with E-state index in [-0.39, 0.29) is 23.8 Å². The third kappa shape index (κ3) is 1.19. The summed E-state index contributed by atoms with van der Waals surface area (Å²) in [5, 5.41) is 0. The van der Waals surface area contributed by atoms with Crippen LogP contribution in [0.3, 0.4) is 0 Å². The lowest BCUT2D eigenvalue weighted by molar-refractivity contribution is -0.128. The van der Waals surface area contributed by atoms with Crippen LogP contribution in [-0.4, -0.2) is 23.1 Å². The zero-order valence-corrected chi connectivity index (χ0v) is 7.64. The molecule has 3 heteroatoms. The topological polar surface area (TPSA) is 37.4 Å². The van der Waals surface area contributed by atoms with Crippen molar-refractivity contribution in [2.24, 2.45) is 11.8 Å². The first-order valence-corrected chi connectivity index (χ1v) is 4.69. The molecule has 0 aromatic rings. The van der Waals surface area contributed by atoms with Gasteiger partial charge in [-0.2, -0.15) is 0 Å². The molecule has 2 rings (SSSR count). The van der Waals surface area contributed by atoms with Gasteiger partial charge < -0.3 is 9.69 Å². The monoisotopic (exact) mass is 179 g/mol. The van der Waals surface area contributed by atoms with Gasteiger partial charge in [0.2, 0.25) is 5.91 Å². The molecule has 0 spiro atoms. The first-order valence-electron chi connectivity index (χ1n) is 4.69. The van der Waals surface area contributed by atoms with Crippen molar-refractivity contribution in [2.45, 2.75) is 25.8 Å². The Morgan fingerprint density at radius 2 is 2.38 bits per heavy atom. The molecule has 0 aromatic carbocycles. The lowest BCUT2D eigenvalue weighted by atomic mass is 9.85. The summed E-state index contributed by atoms with van der Waals surface area (Å²) in [5.74, 6) is 0.418. The summed E-state index contributed by atoms with van der Waals surface area (Å²) in [7, 11) is 0. The van der Waals surface area contributed by atoms with Crippen molar-refractivity contribution in [1.82, 2.24) is 4.90 Å². The van der Waals surface area contributed by atoms with Gasteiger partial charge in [-0.3, -0.25) is 4.79 Å². The molecular formula is C10H13NO2. The summed E-state index contributed by atoms with van der Waals surface area (Å²) in [6.07, 6.45) is 6.19. The van der Waals surface area contributed by atoms with Crippen molar-refractivity contribution in [3.63, 3.8) is 0 Å². The fourth-order valence-corrected chi connectivity index (χ4v) is 2.22. The second kappa shape index (κ2) is 2.98. The lowest BCUT2D eigenvalue weighted by Gasteiger charge is -2.33. The van der Waals surface area contributed by atoms with E-state index in [1.165, 1.54) is 0 Å². The number of rotatable bonds is 1. The van der Waals surface area contributed by atoms with Crippen LogP contribution in [0, 0.1) is 11.8 Å². The van der Waals surface area contributed by atoms with Crippen LogP contribution in [0.2, 0.25) is 0 Å². The largest absolute Gasteiger partial charge is 0.316 e. The molecule has 3 atom stereocenters. The molecule has 0 N–H and O–H groups in total. The molecule has 1 fully saturated rings. The van der Waals surface area contributed by atoms with E-state index in [0.29, 0.717) is 6.42 Å². The standard InChI is InChI=1S/C10H13NO2/c1-7-4-5-11-9(8(7)6-12)2-3-10(11)13/h4-9H,2-3H2,1H3/t7-,8+,9-/m1/s1. The number of amides is 1. The maximum atomic E-state index is 11.3. The van der Waals surface area contributed by atoms with E-state index in [1.807, 2.05) is 19.2 Å². The number of hydrogen-bond acceptors (Lipinski definition) is 2. The quantitative estimate of drug-likeness (QED) is 0.562.